The van der Waals surface area contributed by atoms with Gasteiger partial charge in [-0.3, -0.25) is 9.59 Å². The van der Waals surface area contributed by atoms with Crippen LogP contribution in [-0.4, -0.2) is 33.7 Å². The smallest absolute Gasteiger partial charge is 0.476 e. The average Bonchev–Trinajstić information content (AvgIpc) is 2.74. The van der Waals surface area contributed by atoms with Crippen LogP contribution < -0.4 is 26.0 Å². The van der Waals surface area contributed by atoms with Crippen molar-refractivity contribution in [3.63, 3.8) is 0 Å². The number of alkyl halides is 3. The van der Waals surface area contributed by atoms with Gasteiger partial charge in [-0.25, -0.2) is 18.1 Å². The minimum absolute atomic E-state index is 0.0672. The Morgan fingerprint density at radius 1 is 1.09 bits per heavy atom. The predicted octanol–water partition coefficient (Wildman–Crippen LogP) is 2.59. The molecular formula is C20H15F5N4O5. The lowest BCUT2D eigenvalue weighted by Gasteiger charge is -2.14. The number of amides is 1. The second-order valence-electron chi connectivity index (χ2n) is 6.75. The molecule has 0 spiro atoms. The maximum atomic E-state index is 14.0. The maximum Gasteiger partial charge on any atom is 0.573 e. The zero-order valence-corrected chi connectivity index (χ0v) is 17.4. The zero-order chi connectivity index (χ0) is 25.2. The Bertz CT molecular complexity index is 1370. The molecule has 1 aromatic heterocycles. The number of rotatable bonds is 6. The van der Waals surface area contributed by atoms with E-state index in [2.05, 4.69) is 15.2 Å². The first-order valence-electron chi connectivity index (χ1n) is 9.29. The van der Waals surface area contributed by atoms with Gasteiger partial charge in [-0.05, 0) is 35.9 Å². The number of aromatic nitrogens is 3. The summed E-state index contributed by atoms with van der Waals surface area (Å²) in [4.78, 5) is 36.9. The molecule has 14 heteroatoms. The van der Waals surface area contributed by atoms with E-state index >= 15 is 0 Å². The molecule has 0 radical (unpaired) electrons. The predicted molar refractivity (Wildman–Crippen MR) is 107 cm³/mol. The largest absolute Gasteiger partial charge is 0.573 e. The number of nitrogens with one attached hydrogen (secondary N) is 1. The molecule has 0 atom stereocenters. The van der Waals surface area contributed by atoms with Crippen molar-refractivity contribution in [3.8, 4) is 17.3 Å². The molecule has 1 heterocycles. The van der Waals surface area contributed by atoms with Crippen LogP contribution in [0.25, 0.3) is 5.69 Å². The first kappa shape index (κ1) is 24.4. The monoisotopic (exact) mass is 486 g/mol. The van der Waals surface area contributed by atoms with Gasteiger partial charge in [0.2, 0.25) is 5.91 Å². The highest BCUT2D eigenvalue weighted by Gasteiger charge is 2.32. The van der Waals surface area contributed by atoms with Gasteiger partial charge in [-0.2, -0.15) is 4.68 Å². The molecule has 3 aromatic rings. The SMILES string of the molecule is COc1nn(-c2ccc(F)c(NC(C)=O)c2)c(=O)n(Cc2ccc(F)c(OC(F)(F)F)c2)c1=O. The Labute approximate surface area is 187 Å². The van der Waals surface area contributed by atoms with E-state index in [1.54, 1.807) is 0 Å². The molecule has 34 heavy (non-hydrogen) atoms. The normalized spacial score (nSPS) is 11.3. The summed E-state index contributed by atoms with van der Waals surface area (Å²) in [6.45, 7) is 0.532. The number of halogens is 5. The summed E-state index contributed by atoms with van der Waals surface area (Å²) < 4.78 is 75.0. The van der Waals surface area contributed by atoms with E-state index < -0.39 is 53.3 Å². The highest BCUT2D eigenvalue weighted by molar-refractivity contribution is 5.89. The number of benzene rings is 2. The second kappa shape index (κ2) is 9.33. The molecule has 2 aromatic carbocycles. The van der Waals surface area contributed by atoms with E-state index in [4.69, 9.17) is 4.74 Å². The second-order valence-corrected chi connectivity index (χ2v) is 6.75. The fourth-order valence-electron chi connectivity index (χ4n) is 2.89. The first-order valence-corrected chi connectivity index (χ1v) is 9.29. The Morgan fingerprint density at radius 3 is 2.38 bits per heavy atom. The Morgan fingerprint density at radius 2 is 1.76 bits per heavy atom. The molecule has 0 bridgehead atoms. The molecule has 3 rings (SSSR count). The molecule has 1 N–H and O–H groups in total. The van der Waals surface area contributed by atoms with Crippen molar-refractivity contribution in [1.29, 1.82) is 0 Å². The molecule has 0 saturated carbocycles. The molecule has 0 unspecified atom stereocenters. The molecular weight excluding hydrogens is 471 g/mol. The van der Waals surface area contributed by atoms with Crippen molar-refractivity contribution in [2.45, 2.75) is 19.8 Å². The van der Waals surface area contributed by atoms with Crippen LogP contribution in [0.5, 0.6) is 11.6 Å². The zero-order valence-electron chi connectivity index (χ0n) is 17.4. The number of methoxy groups -OCH3 is 1. The number of carbonyl (C=O) groups excluding carboxylic acids is 1. The minimum Gasteiger partial charge on any atom is -0.476 e. The molecule has 0 aliphatic rings. The van der Waals surface area contributed by atoms with Crippen LogP contribution in [0.1, 0.15) is 12.5 Å². The van der Waals surface area contributed by atoms with Gasteiger partial charge in [0.25, 0.3) is 5.88 Å². The van der Waals surface area contributed by atoms with Crippen LogP contribution in [0.3, 0.4) is 0 Å². The van der Waals surface area contributed by atoms with Gasteiger partial charge in [0, 0.05) is 6.92 Å². The van der Waals surface area contributed by atoms with E-state index in [0.29, 0.717) is 21.4 Å². The molecule has 9 nitrogen and oxygen atoms in total. The van der Waals surface area contributed by atoms with Gasteiger partial charge >= 0.3 is 17.6 Å². The number of hydrogen-bond acceptors (Lipinski definition) is 6. The lowest BCUT2D eigenvalue weighted by molar-refractivity contribution is -0.275. The van der Waals surface area contributed by atoms with Gasteiger partial charge in [-0.15, -0.1) is 18.3 Å². The topological polar surface area (TPSA) is 104 Å². The Hall–Kier alpha value is -4.23. The number of ether oxygens (including phenoxy) is 2. The maximum absolute atomic E-state index is 14.0. The fourth-order valence-corrected chi connectivity index (χ4v) is 2.89. The summed E-state index contributed by atoms with van der Waals surface area (Å²) in [7, 11) is 1.09. The van der Waals surface area contributed by atoms with E-state index in [-0.39, 0.29) is 16.9 Å². The van der Waals surface area contributed by atoms with Gasteiger partial charge in [-0.1, -0.05) is 6.07 Å². The average molecular weight is 486 g/mol. The molecule has 1 amide bonds. The highest BCUT2D eigenvalue weighted by Crippen LogP contribution is 2.26. The van der Waals surface area contributed by atoms with E-state index in [0.717, 1.165) is 38.3 Å². The van der Waals surface area contributed by atoms with Gasteiger partial charge in [0.05, 0.1) is 25.0 Å². The Kier molecular flexibility index (Phi) is 6.70. The van der Waals surface area contributed by atoms with Crippen LogP contribution in [0.2, 0.25) is 0 Å². The summed E-state index contributed by atoms with van der Waals surface area (Å²) in [6, 6.07) is 5.56. The third kappa shape index (κ3) is 5.39. The van der Waals surface area contributed by atoms with Crippen molar-refractivity contribution in [2.75, 3.05) is 12.4 Å². The summed E-state index contributed by atoms with van der Waals surface area (Å²) in [5.41, 5.74) is -2.53. The summed E-state index contributed by atoms with van der Waals surface area (Å²) in [6.07, 6.45) is -5.17. The molecule has 180 valence electrons. The van der Waals surface area contributed by atoms with Crippen molar-refractivity contribution in [3.05, 3.63) is 74.4 Å². The van der Waals surface area contributed by atoms with Crippen molar-refractivity contribution < 1.29 is 36.2 Å². The first-order chi connectivity index (χ1) is 15.9. The summed E-state index contributed by atoms with van der Waals surface area (Å²) in [5.74, 6) is -4.44. The minimum atomic E-state index is -5.17. The molecule has 0 aliphatic heterocycles. The quantitative estimate of drug-likeness (QED) is 0.538. The summed E-state index contributed by atoms with van der Waals surface area (Å²) >= 11 is 0. The lowest BCUT2D eigenvalue weighted by Crippen LogP contribution is -2.41. The standard InChI is InChI=1S/C20H15F5N4O5/c1-10(30)26-15-8-12(4-6-13(15)21)29-19(32)28(18(31)17(27-29)33-2)9-11-3-5-14(22)16(7-11)34-20(23,24)25/h3-8H,9H2,1-2H3,(H,26,30). The van der Waals surface area contributed by atoms with Crippen molar-refractivity contribution >= 4 is 11.6 Å². The molecule has 0 aliphatic carbocycles. The number of carbonyl (C=O) groups is 1. The number of nitrogens with zero attached hydrogens (tertiary/aromatic N) is 3. The van der Waals surface area contributed by atoms with Gasteiger partial charge < -0.3 is 14.8 Å². The third-order valence-electron chi connectivity index (χ3n) is 4.29. The van der Waals surface area contributed by atoms with Crippen LogP contribution in [0.4, 0.5) is 27.6 Å². The fraction of sp³-hybridized carbons (Fsp3) is 0.200. The summed E-state index contributed by atoms with van der Waals surface area (Å²) in [5, 5.41) is 6.00. The Balaban J connectivity index is 2.12. The molecule has 0 fully saturated rings. The highest BCUT2D eigenvalue weighted by atomic mass is 19.4. The number of anilines is 1. The molecule has 0 saturated heterocycles. The van der Waals surface area contributed by atoms with Crippen LogP contribution in [-0.2, 0) is 11.3 Å². The van der Waals surface area contributed by atoms with Crippen LogP contribution in [0.15, 0.2) is 46.0 Å². The van der Waals surface area contributed by atoms with Gasteiger partial charge in [0.1, 0.15) is 5.82 Å². The van der Waals surface area contributed by atoms with Crippen molar-refractivity contribution in [2.24, 2.45) is 0 Å². The van der Waals surface area contributed by atoms with E-state index in [1.165, 1.54) is 0 Å². The lowest BCUT2D eigenvalue weighted by atomic mass is 10.2. The van der Waals surface area contributed by atoms with Crippen molar-refractivity contribution in [1.82, 2.24) is 14.3 Å². The van der Waals surface area contributed by atoms with Crippen LogP contribution >= 0.6 is 0 Å². The van der Waals surface area contributed by atoms with Crippen LogP contribution in [0, 0.1) is 11.6 Å². The number of hydrogen-bond donors (Lipinski definition) is 1. The van der Waals surface area contributed by atoms with E-state index in [1.807, 2.05) is 0 Å². The third-order valence-corrected chi connectivity index (χ3v) is 4.29. The van der Waals surface area contributed by atoms with E-state index in [9.17, 15) is 36.3 Å². The van der Waals surface area contributed by atoms with Gasteiger partial charge in [0.15, 0.2) is 11.6 Å².